The van der Waals surface area contributed by atoms with Crippen LogP contribution in [0.25, 0.3) is 0 Å². The summed E-state index contributed by atoms with van der Waals surface area (Å²) in [6, 6.07) is 7.91. The average molecular weight is 549 g/mol. The van der Waals surface area contributed by atoms with Crippen molar-refractivity contribution >= 4 is 26.8 Å². The summed E-state index contributed by atoms with van der Waals surface area (Å²) < 4.78 is 41.3. The predicted octanol–water partition coefficient (Wildman–Crippen LogP) is 8.99. The molecule has 35 heavy (non-hydrogen) atoms. The van der Waals surface area contributed by atoms with Crippen LogP contribution in [0.1, 0.15) is 41.5 Å². The fourth-order valence-corrected chi connectivity index (χ4v) is 2.83. The smallest absolute Gasteiger partial charge is 0.250 e. The van der Waals surface area contributed by atoms with Gasteiger partial charge in [-0.25, -0.2) is 8.78 Å². The number of phenolic OH excluding ortho intramolecular Hbond substituents is 1. The maximum atomic E-state index is 13.1. The minimum absolute atomic E-state index is 0.0519. The third-order valence-electron chi connectivity index (χ3n) is 6.22. The first-order valence-corrected chi connectivity index (χ1v) is 18.3. The van der Waals surface area contributed by atoms with E-state index in [1.54, 1.807) is 6.07 Å². The third-order valence-corrected chi connectivity index (χ3v) is 15.8. The van der Waals surface area contributed by atoms with Gasteiger partial charge in [-0.2, -0.15) is 11.1 Å². The van der Waals surface area contributed by atoms with Gasteiger partial charge in [0.05, 0.1) is 14.2 Å². The number of methoxy groups -OCH3 is 2. The van der Waals surface area contributed by atoms with Gasteiger partial charge in [-0.15, -0.1) is 0 Å². The van der Waals surface area contributed by atoms with Gasteiger partial charge >= 0.3 is 0 Å². The second kappa shape index (κ2) is 13.0. The van der Waals surface area contributed by atoms with E-state index in [1.807, 2.05) is 0 Å². The van der Waals surface area contributed by atoms with Crippen LogP contribution >= 0.6 is 11.1 Å². The second-order valence-electron chi connectivity index (χ2n) is 11.2. The molecule has 2 aromatic rings. The molecule has 0 aliphatic carbocycles. The van der Waals surface area contributed by atoms with Gasteiger partial charge in [-0.3, -0.25) is 0 Å². The van der Waals surface area contributed by atoms with Crippen LogP contribution in [0, 0.1) is 11.6 Å². The van der Waals surface area contributed by atoms with Crippen LogP contribution in [0.4, 0.5) is 8.78 Å². The van der Waals surface area contributed by atoms with E-state index in [2.05, 4.69) is 72.5 Å². The molecule has 0 saturated heterocycles. The monoisotopic (exact) mass is 548 g/mol. The topological polar surface area (TPSA) is 47.9 Å². The molecule has 0 saturated carbocycles. The number of hydrogen-bond donors (Lipinski definition) is 1. The molecule has 0 aliphatic rings. The molecule has 0 aliphatic heterocycles. The largest absolute Gasteiger partial charge is 0.541 e. The Balaban J connectivity index is 0.000000545. The van der Waals surface area contributed by atoms with E-state index in [-0.39, 0.29) is 22.4 Å². The van der Waals surface area contributed by atoms with Gasteiger partial charge in [0.25, 0.3) is 8.32 Å². The van der Waals surface area contributed by atoms with Gasteiger partial charge < -0.3 is 19.0 Å². The highest BCUT2D eigenvalue weighted by Crippen LogP contribution is 2.40. The summed E-state index contributed by atoms with van der Waals surface area (Å²) in [5.41, 5.74) is 0. The lowest BCUT2D eigenvalue weighted by Gasteiger charge is -2.36. The molecule has 0 spiro atoms. The van der Waals surface area contributed by atoms with Crippen LogP contribution in [-0.2, 0) is 0 Å². The summed E-state index contributed by atoms with van der Waals surface area (Å²) in [5.74, 6) is 0.443. The molecule has 0 atom stereocenters. The lowest BCUT2D eigenvalue weighted by Crippen LogP contribution is -2.43. The Morgan fingerprint density at radius 2 is 1.11 bits per heavy atom. The van der Waals surface area contributed by atoms with E-state index >= 15 is 0 Å². The molecule has 0 fully saturated rings. The van der Waals surface area contributed by atoms with Gasteiger partial charge in [-0.05, 0) is 47.4 Å². The van der Waals surface area contributed by atoms with Crippen LogP contribution < -0.4 is 13.9 Å². The zero-order chi connectivity index (χ0) is 27.8. The number of rotatable bonds is 4. The van der Waals surface area contributed by atoms with Crippen molar-refractivity contribution < 1.29 is 27.8 Å². The number of phenols is 1. The number of halogens is 3. The van der Waals surface area contributed by atoms with Crippen LogP contribution in [0.2, 0.25) is 36.3 Å². The molecule has 0 radical (unpaired) electrons. The molecule has 4 nitrogen and oxygen atoms in total. The minimum atomic E-state index is -1.91. The molecule has 0 unspecified atom stereocenters. The number of hydrogen-bond acceptors (Lipinski definition) is 4. The van der Waals surface area contributed by atoms with Crippen LogP contribution in [-0.4, -0.2) is 35.0 Å². The Labute approximate surface area is 217 Å². The highest BCUT2D eigenvalue weighted by atomic mass is 35.6. The van der Waals surface area contributed by atoms with Gasteiger partial charge in [0.15, 0.2) is 24.6 Å². The zero-order valence-electron chi connectivity index (χ0n) is 23.3. The van der Waals surface area contributed by atoms with Crippen LogP contribution in [0.5, 0.6) is 23.0 Å². The van der Waals surface area contributed by atoms with Crippen molar-refractivity contribution in [2.45, 2.75) is 77.8 Å². The molecular formula is C26H43ClF2O4Si2. The molecule has 2 aromatic carbocycles. The predicted molar refractivity (Wildman–Crippen MR) is 148 cm³/mol. The van der Waals surface area contributed by atoms with Crippen molar-refractivity contribution in [1.29, 1.82) is 0 Å². The number of aromatic hydroxyl groups is 1. The highest BCUT2D eigenvalue weighted by molar-refractivity contribution is 7.20. The van der Waals surface area contributed by atoms with E-state index in [0.717, 1.165) is 12.1 Å². The second-order valence-corrected chi connectivity index (χ2v) is 23.2. The highest BCUT2D eigenvalue weighted by Gasteiger charge is 2.39. The van der Waals surface area contributed by atoms with Crippen molar-refractivity contribution in [1.82, 2.24) is 0 Å². The number of benzene rings is 2. The minimum Gasteiger partial charge on any atom is -0.541 e. The fourth-order valence-electron chi connectivity index (χ4n) is 1.81. The summed E-state index contributed by atoms with van der Waals surface area (Å²) in [4.78, 5) is 0. The van der Waals surface area contributed by atoms with Crippen molar-refractivity contribution in [2.24, 2.45) is 0 Å². The summed E-state index contributed by atoms with van der Waals surface area (Å²) >= 11 is 6.15. The molecule has 0 heterocycles. The lowest BCUT2D eigenvalue weighted by molar-refractivity contribution is 0.370. The van der Waals surface area contributed by atoms with Crippen LogP contribution in [0.15, 0.2) is 36.4 Å². The van der Waals surface area contributed by atoms with Gasteiger partial charge in [0, 0.05) is 12.1 Å². The molecule has 0 aromatic heterocycles. The van der Waals surface area contributed by atoms with Gasteiger partial charge in [-0.1, -0.05) is 54.6 Å². The van der Waals surface area contributed by atoms with Gasteiger partial charge in [0.2, 0.25) is 0 Å². The first-order chi connectivity index (χ1) is 15.7. The number of ether oxygens (including phenoxy) is 2. The van der Waals surface area contributed by atoms with E-state index in [9.17, 15) is 8.78 Å². The zero-order valence-corrected chi connectivity index (χ0v) is 26.0. The van der Waals surface area contributed by atoms with E-state index in [4.69, 9.17) is 25.3 Å². The van der Waals surface area contributed by atoms with Crippen molar-refractivity contribution in [3.05, 3.63) is 48.0 Å². The van der Waals surface area contributed by atoms with Crippen LogP contribution in [0.3, 0.4) is 0 Å². The van der Waals surface area contributed by atoms with Crippen molar-refractivity contribution in [3.8, 4) is 23.0 Å². The summed E-state index contributed by atoms with van der Waals surface area (Å²) in [7, 11) is -0.409. The summed E-state index contributed by atoms with van der Waals surface area (Å²) in [6.07, 6.45) is 0. The normalized spacial score (nSPS) is 12.0. The molecule has 2 rings (SSSR count). The molecule has 0 amide bonds. The fraction of sp³-hybridized carbons (Fsp3) is 0.538. The summed E-state index contributed by atoms with van der Waals surface area (Å²) in [6.45, 7) is 21.7. The van der Waals surface area contributed by atoms with E-state index < -0.39 is 21.5 Å². The molecule has 200 valence electrons. The van der Waals surface area contributed by atoms with E-state index in [1.165, 1.54) is 32.4 Å². The molecule has 0 bridgehead atoms. The first kappa shape index (κ1) is 33.2. The Bertz CT molecular complexity index is 922. The quantitative estimate of drug-likeness (QED) is 0.306. The SMILES string of the molecule is CC(C)(C)[Si](C)(C)Cl.COc1cc(F)ccc1O.COc1cc(F)ccc1O[Si](C)(C)C(C)(C)C. The average Bonchev–Trinajstić information content (AvgIpc) is 2.69. The lowest BCUT2D eigenvalue weighted by atomic mass is 10.2. The van der Waals surface area contributed by atoms with Crippen molar-refractivity contribution in [2.75, 3.05) is 14.2 Å². The Morgan fingerprint density at radius 3 is 1.46 bits per heavy atom. The molecular weight excluding hydrogens is 506 g/mol. The molecule has 9 heteroatoms. The third kappa shape index (κ3) is 11.2. The van der Waals surface area contributed by atoms with Crippen molar-refractivity contribution in [3.63, 3.8) is 0 Å². The maximum absolute atomic E-state index is 13.1. The summed E-state index contributed by atoms with van der Waals surface area (Å²) in [5, 5.41) is 9.39. The molecule has 1 N–H and O–H groups in total. The van der Waals surface area contributed by atoms with Gasteiger partial charge in [0.1, 0.15) is 17.4 Å². The first-order valence-electron chi connectivity index (χ1n) is 11.4. The Kier molecular flexibility index (Phi) is 12.3. The van der Waals surface area contributed by atoms with E-state index in [0.29, 0.717) is 16.5 Å². The standard InChI is InChI=1S/C13H21FO2Si.C7H7FO2.C6H15ClSi/c1-13(2,3)17(5,6)16-11-8-7-10(14)9-12(11)15-4;1-10-7-4-5(8)2-3-6(7)9;1-6(2,3)8(4,5)7/h7-9H,1-6H3;2-4,9H,1H3;1-5H3. The Hall–Kier alpha value is -1.78. The Morgan fingerprint density at radius 1 is 0.714 bits per heavy atom. The maximum Gasteiger partial charge on any atom is 0.250 e.